The molecule has 3 rings (SSSR count). The van der Waals surface area contributed by atoms with Crippen LogP contribution in [0.4, 0.5) is 22.0 Å². The lowest BCUT2D eigenvalue weighted by atomic mass is 9.74. The number of halogens is 6. The number of hydrogen-bond donors (Lipinski definition) is 1. The van der Waals surface area contributed by atoms with Crippen LogP contribution in [0.2, 0.25) is 0 Å². The Bertz CT molecular complexity index is 1000. The second kappa shape index (κ2) is 8.47. The first-order chi connectivity index (χ1) is 14.6. The van der Waals surface area contributed by atoms with E-state index in [-0.39, 0.29) is 16.9 Å². The quantitative estimate of drug-likeness (QED) is 0.267. The van der Waals surface area contributed by atoms with Crippen LogP contribution in [0.5, 0.6) is 0 Å². The summed E-state index contributed by atoms with van der Waals surface area (Å²) in [5, 5.41) is 19.7. The van der Waals surface area contributed by atoms with Gasteiger partial charge in [0.2, 0.25) is 0 Å². The normalized spacial score (nSPS) is 19.7. The summed E-state index contributed by atoms with van der Waals surface area (Å²) in [4.78, 5) is 4.80. The Morgan fingerprint density at radius 1 is 1.12 bits per heavy atom. The van der Waals surface area contributed by atoms with E-state index < -0.39 is 29.9 Å². The van der Waals surface area contributed by atoms with Gasteiger partial charge in [-0.3, -0.25) is 4.98 Å². The van der Waals surface area contributed by atoms with Crippen LogP contribution in [0.15, 0.2) is 24.3 Å². The van der Waals surface area contributed by atoms with E-state index in [0.29, 0.717) is 39.8 Å². The summed E-state index contributed by atoms with van der Waals surface area (Å²) in [6.45, 7) is 8.00. The van der Waals surface area contributed by atoms with Crippen molar-refractivity contribution in [2.75, 3.05) is 0 Å². The lowest BCUT2D eigenvalue weighted by Crippen LogP contribution is -2.33. The topological polar surface area (TPSA) is 56.0 Å². The smallest absolute Gasteiger partial charge is 0.440 e. The number of pyridine rings is 1. The molecule has 2 aromatic rings. The van der Waals surface area contributed by atoms with Gasteiger partial charge >= 0.3 is 12.1 Å². The standard InChI is InChI=1S/C23H25F5INO2/c1-11(2)19-17(18(29)16-14(30-19)9-21(3,4)10-15(16)31)20(32)12-5-7-13(8-6-12)22(24,25)23(26,27)28/h5-8,11,15,20,31-32H,9-10H2,1-4H3/p+1/t15-,20+/m0/s1. The van der Waals surface area contributed by atoms with Gasteiger partial charge < -0.3 is 10.2 Å². The Morgan fingerprint density at radius 3 is 2.19 bits per heavy atom. The van der Waals surface area contributed by atoms with E-state index in [0.717, 1.165) is 23.4 Å². The lowest BCUT2D eigenvalue weighted by molar-refractivity contribution is -0.289. The third kappa shape index (κ3) is 4.52. The zero-order valence-corrected chi connectivity index (χ0v) is 20.3. The number of alkyl halides is 5. The molecule has 2 atom stereocenters. The zero-order valence-electron chi connectivity index (χ0n) is 18.1. The number of nitrogens with zero attached hydrogens (tertiary/aromatic N) is 1. The van der Waals surface area contributed by atoms with Gasteiger partial charge in [-0.1, -0.05) is 52.0 Å². The van der Waals surface area contributed by atoms with Crippen molar-refractivity contribution in [3.63, 3.8) is 0 Å². The maximum Gasteiger partial charge on any atom is 0.458 e. The predicted octanol–water partition coefficient (Wildman–Crippen LogP) is 6.28. The molecule has 0 spiro atoms. The van der Waals surface area contributed by atoms with E-state index in [1.165, 1.54) is 0 Å². The molecule has 0 radical (unpaired) electrons. The molecule has 0 amide bonds. The van der Waals surface area contributed by atoms with Crippen LogP contribution in [0.25, 0.3) is 0 Å². The molecule has 3 N–H and O–H groups in total. The van der Waals surface area contributed by atoms with Crippen molar-refractivity contribution >= 4 is 22.6 Å². The van der Waals surface area contributed by atoms with Crippen molar-refractivity contribution in [1.29, 1.82) is 0 Å². The molecule has 0 unspecified atom stereocenters. The summed E-state index contributed by atoms with van der Waals surface area (Å²) in [5.41, 5.74) is 1.61. The molecule has 0 bridgehead atoms. The number of hydrogen-bond acceptors (Lipinski definition) is 2. The Hall–Kier alpha value is -1.33. The van der Waals surface area contributed by atoms with Gasteiger partial charge in [-0.25, -0.2) is 0 Å². The molecule has 0 fully saturated rings. The predicted molar refractivity (Wildman–Crippen MR) is 120 cm³/mol. The Balaban J connectivity index is 2.09. The molecule has 32 heavy (non-hydrogen) atoms. The summed E-state index contributed by atoms with van der Waals surface area (Å²) in [6, 6.07) is 3.55. The highest BCUT2D eigenvalue weighted by molar-refractivity contribution is 14.1. The van der Waals surface area contributed by atoms with Gasteiger partial charge in [0.25, 0.3) is 0 Å². The van der Waals surface area contributed by atoms with E-state index in [4.69, 9.17) is 10.1 Å². The molecule has 1 heterocycles. The van der Waals surface area contributed by atoms with Gasteiger partial charge in [0, 0.05) is 21.1 Å². The second-order valence-corrected chi connectivity index (χ2v) is 10.5. The van der Waals surface area contributed by atoms with E-state index in [1.807, 2.05) is 13.8 Å². The molecule has 176 valence electrons. The fourth-order valence-electron chi connectivity index (χ4n) is 4.22. The number of fused-ring (bicyclic) bond motifs is 1. The Morgan fingerprint density at radius 2 is 1.69 bits per heavy atom. The van der Waals surface area contributed by atoms with Crippen LogP contribution >= 0.6 is 22.6 Å². The third-order valence-corrected chi connectivity index (χ3v) is 6.99. The number of aromatic nitrogens is 1. The Kier molecular flexibility index (Phi) is 6.69. The summed E-state index contributed by atoms with van der Waals surface area (Å²) < 4.78 is 65.9. The van der Waals surface area contributed by atoms with Crippen LogP contribution < -0.4 is 0 Å². The van der Waals surface area contributed by atoms with Crippen LogP contribution in [-0.2, 0) is 12.3 Å². The maximum atomic E-state index is 13.6. The summed E-state index contributed by atoms with van der Waals surface area (Å²) >= 11 is 2.09. The molecule has 0 saturated heterocycles. The van der Waals surface area contributed by atoms with Gasteiger partial charge in [0.15, 0.2) is 6.10 Å². The van der Waals surface area contributed by atoms with Gasteiger partial charge in [0.1, 0.15) is 6.10 Å². The first-order valence-corrected chi connectivity index (χ1v) is 11.3. The van der Waals surface area contributed by atoms with Gasteiger partial charge in [0.05, 0.1) is 17.0 Å². The summed E-state index contributed by atoms with van der Waals surface area (Å²) in [5.74, 6) is -5.05. The monoisotopic (exact) mass is 570 g/mol. The van der Waals surface area contributed by atoms with E-state index >= 15 is 0 Å². The SMILES string of the molecule is CC(C)c1nc2c(c(I)c1[C@H](O)c1ccc(C(F)(F)C(F)(F)F)cc1)[C@@H]([OH2+])CC(C)(C)C2. The van der Waals surface area contributed by atoms with Crippen LogP contribution in [-0.4, -0.2) is 21.4 Å². The van der Waals surface area contributed by atoms with E-state index in [1.54, 1.807) is 0 Å². The molecular weight excluding hydrogens is 544 g/mol. The highest BCUT2D eigenvalue weighted by atomic mass is 127. The van der Waals surface area contributed by atoms with Crippen LogP contribution in [0.3, 0.4) is 0 Å². The molecular formula is C23H26F5INO2+. The minimum Gasteiger partial charge on any atom is -0.440 e. The highest BCUT2D eigenvalue weighted by Crippen LogP contribution is 2.46. The zero-order chi connectivity index (χ0) is 24.2. The van der Waals surface area contributed by atoms with Crippen LogP contribution in [0.1, 0.15) is 85.9 Å². The van der Waals surface area contributed by atoms with Crippen molar-refractivity contribution < 1.29 is 32.2 Å². The lowest BCUT2D eigenvalue weighted by Gasteiger charge is -2.34. The van der Waals surface area contributed by atoms with Crippen molar-refractivity contribution in [2.45, 2.75) is 70.8 Å². The molecule has 0 aliphatic heterocycles. The average molecular weight is 570 g/mol. The Labute approximate surface area is 197 Å². The number of aliphatic hydroxyl groups is 1. The second-order valence-electron chi connectivity index (χ2n) is 9.43. The van der Waals surface area contributed by atoms with E-state index in [9.17, 15) is 27.1 Å². The molecule has 1 aromatic heterocycles. The molecule has 1 aliphatic carbocycles. The maximum absolute atomic E-state index is 13.6. The van der Waals surface area contributed by atoms with Crippen molar-refractivity contribution in [1.82, 2.24) is 4.98 Å². The minimum absolute atomic E-state index is 0.0680. The van der Waals surface area contributed by atoms with Crippen molar-refractivity contribution in [3.05, 3.63) is 61.5 Å². The highest BCUT2D eigenvalue weighted by Gasteiger charge is 2.58. The number of benzene rings is 1. The summed E-state index contributed by atoms with van der Waals surface area (Å²) in [7, 11) is 0. The molecule has 9 heteroatoms. The largest absolute Gasteiger partial charge is 0.458 e. The molecule has 0 saturated carbocycles. The van der Waals surface area contributed by atoms with E-state index in [2.05, 4.69) is 36.4 Å². The first kappa shape index (κ1) is 25.3. The van der Waals surface area contributed by atoms with Gasteiger partial charge in [-0.15, -0.1) is 0 Å². The molecule has 1 aromatic carbocycles. The minimum atomic E-state index is -5.70. The average Bonchev–Trinajstić information content (AvgIpc) is 2.64. The van der Waals surface area contributed by atoms with Crippen molar-refractivity contribution in [2.24, 2.45) is 5.41 Å². The number of rotatable bonds is 4. The van der Waals surface area contributed by atoms with Gasteiger partial charge in [-0.05, 0) is 45.9 Å². The fraction of sp³-hybridized carbons (Fsp3) is 0.522. The van der Waals surface area contributed by atoms with Gasteiger partial charge in [-0.2, -0.15) is 22.0 Å². The molecule has 1 aliphatic rings. The number of aliphatic hydroxyl groups excluding tert-OH is 1. The fourth-order valence-corrected chi connectivity index (χ4v) is 5.48. The summed E-state index contributed by atoms with van der Waals surface area (Å²) in [6.07, 6.45) is -6.16. The van der Waals surface area contributed by atoms with Crippen molar-refractivity contribution in [3.8, 4) is 0 Å². The molecule has 3 nitrogen and oxygen atoms in total. The van der Waals surface area contributed by atoms with Crippen LogP contribution in [0, 0.1) is 8.99 Å². The first-order valence-electron chi connectivity index (χ1n) is 10.2. The third-order valence-electron chi connectivity index (χ3n) is 5.83.